The highest BCUT2D eigenvalue weighted by Crippen LogP contribution is 2.25. The number of benzene rings is 2. The molecule has 1 atom stereocenters. The molecular formula is C26H26N2O4S. The molecule has 2 heterocycles. The van der Waals surface area contributed by atoms with Gasteiger partial charge in [-0.05, 0) is 50.1 Å². The molecule has 0 aliphatic rings. The van der Waals surface area contributed by atoms with E-state index >= 15 is 0 Å². The molecule has 0 N–H and O–H groups in total. The van der Waals surface area contributed by atoms with Crippen LogP contribution in [0.15, 0.2) is 69.9 Å². The van der Waals surface area contributed by atoms with Crippen molar-refractivity contribution in [2.45, 2.75) is 32.6 Å². The molecule has 0 radical (unpaired) electrons. The Balaban J connectivity index is 1.33. The Labute approximate surface area is 197 Å². The number of esters is 1. The lowest BCUT2D eigenvalue weighted by atomic mass is 9.97. The van der Waals surface area contributed by atoms with Crippen molar-refractivity contribution in [3.8, 4) is 17.2 Å². The second kappa shape index (κ2) is 10.9. The van der Waals surface area contributed by atoms with E-state index in [0.717, 1.165) is 34.0 Å². The molecule has 4 rings (SSSR count). The first-order valence-corrected chi connectivity index (χ1v) is 11.9. The monoisotopic (exact) mass is 462 g/mol. The summed E-state index contributed by atoms with van der Waals surface area (Å²) in [6, 6.07) is 17.6. The van der Waals surface area contributed by atoms with Gasteiger partial charge in [-0.15, -0.1) is 11.3 Å². The summed E-state index contributed by atoms with van der Waals surface area (Å²) in [5.74, 6) is 1.55. The Morgan fingerprint density at radius 3 is 2.61 bits per heavy atom. The quantitative estimate of drug-likeness (QED) is 0.285. The normalized spacial score (nSPS) is 11.8. The predicted molar refractivity (Wildman–Crippen MR) is 128 cm³/mol. The lowest BCUT2D eigenvalue weighted by Crippen LogP contribution is -2.18. The first kappa shape index (κ1) is 22.7. The fourth-order valence-corrected chi connectivity index (χ4v) is 4.14. The molecule has 0 saturated carbocycles. The number of aromatic nitrogens is 2. The summed E-state index contributed by atoms with van der Waals surface area (Å²) in [5, 5.41) is 1.90. The van der Waals surface area contributed by atoms with Crippen LogP contribution < -0.4 is 4.74 Å². The highest BCUT2D eigenvalue weighted by Gasteiger charge is 2.24. The Hall–Kier alpha value is -3.45. The number of ether oxygens (including phenoxy) is 2. The van der Waals surface area contributed by atoms with Crippen molar-refractivity contribution in [2.75, 3.05) is 13.2 Å². The molecule has 4 aromatic rings. The van der Waals surface area contributed by atoms with Gasteiger partial charge in [-0.1, -0.05) is 30.3 Å². The van der Waals surface area contributed by atoms with E-state index in [9.17, 15) is 4.79 Å². The molecule has 0 fully saturated rings. The van der Waals surface area contributed by atoms with Crippen LogP contribution in [-0.4, -0.2) is 29.2 Å². The summed E-state index contributed by atoms with van der Waals surface area (Å²) >= 11 is 1.47. The lowest BCUT2D eigenvalue weighted by Gasteiger charge is -2.14. The summed E-state index contributed by atoms with van der Waals surface area (Å²) in [4.78, 5) is 21.3. The van der Waals surface area contributed by atoms with Gasteiger partial charge in [0.15, 0.2) is 0 Å². The minimum absolute atomic E-state index is 0.249. The molecule has 1 unspecified atom stereocenters. The van der Waals surface area contributed by atoms with Crippen molar-refractivity contribution in [2.24, 2.45) is 0 Å². The van der Waals surface area contributed by atoms with E-state index in [2.05, 4.69) is 9.97 Å². The third kappa shape index (κ3) is 5.87. The van der Waals surface area contributed by atoms with E-state index in [4.69, 9.17) is 13.9 Å². The van der Waals surface area contributed by atoms with Crippen molar-refractivity contribution >= 4 is 17.3 Å². The number of aryl methyl sites for hydroxylation is 1. The predicted octanol–water partition coefficient (Wildman–Crippen LogP) is 5.62. The first-order chi connectivity index (χ1) is 16.1. The minimum Gasteiger partial charge on any atom is -0.493 e. The van der Waals surface area contributed by atoms with Crippen LogP contribution in [0.2, 0.25) is 0 Å². The molecule has 6 nitrogen and oxygen atoms in total. The van der Waals surface area contributed by atoms with Gasteiger partial charge in [-0.2, -0.15) is 0 Å². The van der Waals surface area contributed by atoms with Crippen LogP contribution in [-0.2, 0) is 22.4 Å². The van der Waals surface area contributed by atoms with Crippen molar-refractivity contribution < 1.29 is 18.7 Å². The molecule has 0 saturated heterocycles. The van der Waals surface area contributed by atoms with E-state index < -0.39 is 5.92 Å². The summed E-state index contributed by atoms with van der Waals surface area (Å²) in [6.07, 6.45) is 1.18. The van der Waals surface area contributed by atoms with Crippen molar-refractivity contribution in [3.05, 3.63) is 88.2 Å². The zero-order chi connectivity index (χ0) is 23.0. The Bertz CT molecular complexity index is 1150. The van der Waals surface area contributed by atoms with Crippen LogP contribution in [0.5, 0.6) is 5.75 Å². The molecule has 7 heteroatoms. The number of thiazole rings is 1. The molecule has 0 aliphatic heterocycles. The fraction of sp³-hybridized carbons (Fsp3) is 0.269. The molecule has 2 aromatic carbocycles. The number of hydrogen-bond donors (Lipinski definition) is 0. The van der Waals surface area contributed by atoms with Crippen LogP contribution in [0.3, 0.4) is 0 Å². The van der Waals surface area contributed by atoms with Gasteiger partial charge in [0, 0.05) is 17.4 Å². The van der Waals surface area contributed by atoms with Crippen LogP contribution in [0.1, 0.15) is 35.6 Å². The smallest absolute Gasteiger partial charge is 0.315 e. The minimum atomic E-state index is -0.406. The summed E-state index contributed by atoms with van der Waals surface area (Å²) in [6.45, 7) is 4.58. The third-order valence-electron chi connectivity index (χ3n) is 5.26. The van der Waals surface area contributed by atoms with Gasteiger partial charge in [-0.25, -0.2) is 9.97 Å². The fourth-order valence-electron chi connectivity index (χ4n) is 3.53. The van der Waals surface area contributed by atoms with Crippen molar-refractivity contribution in [3.63, 3.8) is 0 Å². The van der Waals surface area contributed by atoms with Crippen LogP contribution >= 0.6 is 11.3 Å². The molecular weight excluding hydrogens is 436 g/mol. The second-order valence-corrected chi connectivity index (χ2v) is 8.27. The average molecular weight is 463 g/mol. The number of nitrogens with zero attached hydrogens (tertiary/aromatic N) is 2. The topological polar surface area (TPSA) is 74.5 Å². The molecule has 0 aliphatic carbocycles. The molecule has 0 spiro atoms. The average Bonchev–Trinajstić information content (AvgIpc) is 3.49. The highest BCUT2D eigenvalue weighted by atomic mass is 32.1. The lowest BCUT2D eigenvalue weighted by molar-refractivity contribution is -0.145. The van der Waals surface area contributed by atoms with Gasteiger partial charge in [0.25, 0.3) is 0 Å². The van der Waals surface area contributed by atoms with Gasteiger partial charge in [0.05, 0.1) is 30.1 Å². The van der Waals surface area contributed by atoms with Crippen molar-refractivity contribution in [1.82, 2.24) is 9.97 Å². The summed E-state index contributed by atoms with van der Waals surface area (Å²) < 4.78 is 17.0. The van der Waals surface area contributed by atoms with Gasteiger partial charge in [-0.3, -0.25) is 4.79 Å². The van der Waals surface area contributed by atoms with Gasteiger partial charge in [0.1, 0.15) is 17.4 Å². The Kier molecular flexibility index (Phi) is 7.52. The zero-order valence-corrected chi connectivity index (χ0v) is 19.5. The summed E-state index contributed by atoms with van der Waals surface area (Å²) in [5.41, 5.74) is 5.36. The maximum atomic E-state index is 12.4. The highest BCUT2D eigenvalue weighted by molar-refractivity contribution is 7.07. The number of carbonyl (C=O) groups excluding carboxylic acids is 1. The van der Waals surface area contributed by atoms with E-state index in [0.29, 0.717) is 31.9 Å². The Morgan fingerprint density at radius 2 is 1.91 bits per heavy atom. The Morgan fingerprint density at radius 1 is 1.12 bits per heavy atom. The largest absolute Gasteiger partial charge is 0.493 e. The van der Waals surface area contributed by atoms with E-state index in [1.54, 1.807) is 5.51 Å². The third-order valence-corrected chi connectivity index (χ3v) is 5.87. The molecule has 170 valence electrons. The van der Waals surface area contributed by atoms with Gasteiger partial charge < -0.3 is 13.9 Å². The van der Waals surface area contributed by atoms with Gasteiger partial charge >= 0.3 is 5.97 Å². The van der Waals surface area contributed by atoms with Crippen LogP contribution in [0, 0.1) is 6.92 Å². The number of oxazole rings is 1. The zero-order valence-electron chi connectivity index (χ0n) is 18.7. The van der Waals surface area contributed by atoms with E-state index in [1.165, 1.54) is 11.3 Å². The van der Waals surface area contributed by atoms with Crippen LogP contribution in [0.25, 0.3) is 11.5 Å². The van der Waals surface area contributed by atoms with Crippen LogP contribution in [0.4, 0.5) is 0 Å². The van der Waals surface area contributed by atoms with Crippen molar-refractivity contribution in [1.29, 1.82) is 0 Å². The maximum absolute atomic E-state index is 12.4. The maximum Gasteiger partial charge on any atom is 0.315 e. The number of carbonyl (C=O) groups is 1. The first-order valence-electron chi connectivity index (χ1n) is 10.9. The van der Waals surface area contributed by atoms with Gasteiger partial charge in [0.2, 0.25) is 5.89 Å². The standard InChI is InChI=1S/C26H26N2O4S/c1-3-30-26(29)22(24-16-33-17-27-24)15-19-9-11-21(12-10-19)31-14-13-23-18(2)32-25(28-23)20-7-5-4-6-8-20/h4-12,16-17,22H,3,13-15H2,1-2H3. The van der Waals surface area contributed by atoms with E-state index in [-0.39, 0.29) is 5.97 Å². The molecule has 0 amide bonds. The molecule has 33 heavy (non-hydrogen) atoms. The SMILES string of the molecule is CCOC(=O)C(Cc1ccc(OCCc2nc(-c3ccccc3)oc2C)cc1)c1cscn1. The number of rotatable bonds is 10. The molecule has 0 bridgehead atoms. The second-order valence-electron chi connectivity index (χ2n) is 7.55. The number of hydrogen-bond acceptors (Lipinski definition) is 7. The molecule has 2 aromatic heterocycles. The van der Waals surface area contributed by atoms with E-state index in [1.807, 2.05) is 73.8 Å². The summed E-state index contributed by atoms with van der Waals surface area (Å²) in [7, 11) is 0.